The fourth-order valence-corrected chi connectivity index (χ4v) is 2.00. The number of amides is 1. The van der Waals surface area contributed by atoms with Crippen LogP contribution in [0.4, 0.5) is 0 Å². The summed E-state index contributed by atoms with van der Waals surface area (Å²) < 4.78 is 1.30. The first-order valence-corrected chi connectivity index (χ1v) is 6.51. The van der Waals surface area contributed by atoms with E-state index in [9.17, 15) is 14.7 Å². The van der Waals surface area contributed by atoms with Gasteiger partial charge in [0.25, 0.3) is 0 Å². The second kappa shape index (κ2) is 5.31. The minimum absolute atomic E-state index is 0.0611. The van der Waals surface area contributed by atoms with E-state index in [-0.39, 0.29) is 24.2 Å². The van der Waals surface area contributed by atoms with Gasteiger partial charge in [0.15, 0.2) is 5.69 Å². The van der Waals surface area contributed by atoms with Gasteiger partial charge < -0.3 is 10.4 Å². The zero-order valence-electron chi connectivity index (χ0n) is 11.1. The van der Waals surface area contributed by atoms with Crippen molar-refractivity contribution >= 4 is 11.9 Å². The van der Waals surface area contributed by atoms with E-state index in [1.807, 2.05) is 0 Å². The van der Waals surface area contributed by atoms with Gasteiger partial charge >= 0.3 is 5.97 Å². The normalized spacial score (nSPS) is 13.9. The SMILES string of the molecule is O=C(Cn1nnc(C(=O)O)c1-c1ccncc1)NC1CC1. The van der Waals surface area contributed by atoms with E-state index < -0.39 is 5.97 Å². The Balaban J connectivity index is 1.92. The lowest BCUT2D eigenvalue weighted by Crippen LogP contribution is -2.30. The van der Waals surface area contributed by atoms with Gasteiger partial charge in [-0.1, -0.05) is 5.21 Å². The molecule has 8 heteroatoms. The van der Waals surface area contributed by atoms with Gasteiger partial charge in [0, 0.05) is 24.0 Å². The standard InChI is InChI=1S/C13H13N5O3/c19-10(15-9-1-2-9)7-18-12(8-3-5-14-6-4-8)11(13(20)21)16-17-18/h3-6,9H,1-2,7H2,(H,15,19)(H,20,21). The van der Waals surface area contributed by atoms with Crippen molar-refractivity contribution in [1.29, 1.82) is 0 Å². The Morgan fingerprint density at radius 3 is 2.67 bits per heavy atom. The number of hydrogen-bond acceptors (Lipinski definition) is 5. The summed E-state index contributed by atoms with van der Waals surface area (Å²) in [7, 11) is 0. The second-order valence-electron chi connectivity index (χ2n) is 4.83. The number of hydrogen-bond donors (Lipinski definition) is 2. The molecule has 8 nitrogen and oxygen atoms in total. The van der Waals surface area contributed by atoms with Crippen molar-refractivity contribution in [3.63, 3.8) is 0 Å². The lowest BCUT2D eigenvalue weighted by Gasteiger charge is -2.07. The van der Waals surface area contributed by atoms with E-state index in [2.05, 4.69) is 20.6 Å². The summed E-state index contributed by atoms with van der Waals surface area (Å²) in [6.07, 6.45) is 5.06. The number of rotatable bonds is 5. The van der Waals surface area contributed by atoms with Crippen molar-refractivity contribution in [2.45, 2.75) is 25.4 Å². The molecule has 0 spiro atoms. The molecule has 0 aliphatic heterocycles. The maximum Gasteiger partial charge on any atom is 0.358 e. The number of pyridine rings is 1. The Morgan fingerprint density at radius 2 is 2.05 bits per heavy atom. The van der Waals surface area contributed by atoms with E-state index >= 15 is 0 Å². The number of carbonyl (C=O) groups is 2. The van der Waals surface area contributed by atoms with Crippen molar-refractivity contribution in [2.24, 2.45) is 0 Å². The predicted octanol–water partition coefficient (Wildman–Crippen LogP) is 0.317. The molecule has 1 amide bonds. The summed E-state index contributed by atoms with van der Waals surface area (Å²) in [5.74, 6) is -1.38. The molecule has 0 saturated heterocycles. The Labute approximate surface area is 119 Å². The third-order valence-corrected chi connectivity index (χ3v) is 3.13. The third-order valence-electron chi connectivity index (χ3n) is 3.13. The fourth-order valence-electron chi connectivity index (χ4n) is 2.00. The zero-order valence-corrected chi connectivity index (χ0v) is 11.1. The molecule has 0 aromatic carbocycles. The van der Waals surface area contributed by atoms with Crippen molar-refractivity contribution in [3.8, 4) is 11.3 Å². The molecule has 108 valence electrons. The van der Waals surface area contributed by atoms with Crippen LogP contribution in [0, 0.1) is 0 Å². The Bertz CT molecular complexity index is 678. The molecule has 1 aliphatic carbocycles. The molecule has 0 bridgehead atoms. The van der Waals surface area contributed by atoms with E-state index in [0.717, 1.165) is 12.8 Å². The van der Waals surface area contributed by atoms with Gasteiger partial charge in [-0.2, -0.15) is 0 Å². The van der Waals surface area contributed by atoms with Gasteiger partial charge in [-0.3, -0.25) is 9.78 Å². The Kier molecular flexibility index (Phi) is 3.35. The summed E-state index contributed by atoms with van der Waals surface area (Å²) in [6, 6.07) is 3.55. The molecule has 1 saturated carbocycles. The highest BCUT2D eigenvalue weighted by Crippen LogP contribution is 2.22. The van der Waals surface area contributed by atoms with E-state index in [1.165, 1.54) is 4.68 Å². The first-order valence-electron chi connectivity index (χ1n) is 6.51. The first-order chi connectivity index (χ1) is 10.1. The molecule has 0 unspecified atom stereocenters. The van der Waals surface area contributed by atoms with E-state index in [4.69, 9.17) is 0 Å². The quantitative estimate of drug-likeness (QED) is 0.819. The topological polar surface area (TPSA) is 110 Å². The predicted molar refractivity (Wildman–Crippen MR) is 71.4 cm³/mol. The molecule has 1 fully saturated rings. The van der Waals surface area contributed by atoms with E-state index in [0.29, 0.717) is 11.3 Å². The monoisotopic (exact) mass is 287 g/mol. The molecule has 2 N–H and O–H groups in total. The molecule has 3 rings (SSSR count). The lowest BCUT2D eigenvalue weighted by molar-refractivity contribution is -0.122. The number of carbonyl (C=O) groups excluding carboxylic acids is 1. The van der Waals surface area contributed by atoms with Gasteiger partial charge in [-0.05, 0) is 25.0 Å². The molecule has 0 radical (unpaired) electrons. The summed E-state index contributed by atoms with van der Waals surface area (Å²) in [5, 5.41) is 19.5. The van der Waals surface area contributed by atoms with Crippen molar-refractivity contribution < 1.29 is 14.7 Å². The lowest BCUT2D eigenvalue weighted by atomic mass is 10.1. The summed E-state index contributed by atoms with van der Waals surface area (Å²) >= 11 is 0. The summed E-state index contributed by atoms with van der Waals surface area (Å²) in [4.78, 5) is 27.0. The third kappa shape index (κ3) is 2.88. The smallest absolute Gasteiger partial charge is 0.358 e. The van der Waals surface area contributed by atoms with Crippen LogP contribution in [-0.4, -0.2) is 43.0 Å². The molecule has 1 aliphatic rings. The van der Waals surface area contributed by atoms with Crippen LogP contribution in [0.15, 0.2) is 24.5 Å². The highest BCUT2D eigenvalue weighted by molar-refractivity contribution is 5.93. The minimum atomic E-state index is -1.18. The molecule has 0 atom stereocenters. The molecule has 2 aromatic rings. The van der Waals surface area contributed by atoms with Gasteiger partial charge in [0.2, 0.25) is 5.91 Å². The van der Waals surface area contributed by atoms with Gasteiger partial charge in [0.1, 0.15) is 12.2 Å². The van der Waals surface area contributed by atoms with Crippen LogP contribution in [0.5, 0.6) is 0 Å². The van der Waals surface area contributed by atoms with Crippen LogP contribution in [0.2, 0.25) is 0 Å². The van der Waals surface area contributed by atoms with Crippen LogP contribution in [0.3, 0.4) is 0 Å². The minimum Gasteiger partial charge on any atom is -0.476 e. The number of nitrogens with zero attached hydrogens (tertiary/aromatic N) is 4. The van der Waals surface area contributed by atoms with Crippen LogP contribution in [0.25, 0.3) is 11.3 Å². The molecular weight excluding hydrogens is 274 g/mol. The Hall–Kier alpha value is -2.77. The molecule has 21 heavy (non-hydrogen) atoms. The number of aromatic carboxylic acids is 1. The fraction of sp³-hybridized carbons (Fsp3) is 0.308. The Morgan fingerprint density at radius 1 is 1.33 bits per heavy atom. The summed E-state index contributed by atoms with van der Waals surface area (Å²) in [5.41, 5.74) is 0.725. The van der Waals surface area contributed by atoms with Crippen molar-refractivity contribution in [2.75, 3.05) is 0 Å². The van der Waals surface area contributed by atoms with Crippen LogP contribution < -0.4 is 5.32 Å². The maximum absolute atomic E-state index is 11.9. The van der Waals surface area contributed by atoms with Gasteiger partial charge in [0.05, 0.1) is 0 Å². The number of carboxylic acid groups (broad SMARTS) is 1. The zero-order chi connectivity index (χ0) is 14.8. The first kappa shape index (κ1) is 13.2. The van der Waals surface area contributed by atoms with Crippen LogP contribution in [-0.2, 0) is 11.3 Å². The average Bonchev–Trinajstić information content (AvgIpc) is 3.17. The molecule has 2 heterocycles. The highest BCUT2D eigenvalue weighted by Gasteiger charge is 2.25. The van der Waals surface area contributed by atoms with Crippen molar-refractivity contribution in [1.82, 2.24) is 25.3 Å². The van der Waals surface area contributed by atoms with Crippen LogP contribution >= 0.6 is 0 Å². The van der Waals surface area contributed by atoms with Gasteiger partial charge in [-0.25, -0.2) is 9.48 Å². The maximum atomic E-state index is 11.9. The average molecular weight is 287 g/mol. The van der Waals surface area contributed by atoms with Crippen LogP contribution in [0.1, 0.15) is 23.3 Å². The number of carboxylic acids is 1. The highest BCUT2D eigenvalue weighted by atomic mass is 16.4. The molecule has 2 aromatic heterocycles. The number of aromatic nitrogens is 4. The summed E-state index contributed by atoms with van der Waals surface area (Å²) in [6.45, 7) is -0.0611. The number of nitrogens with one attached hydrogen (secondary N) is 1. The largest absolute Gasteiger partial charge is 0.476 e. The van der Waals surface area contributed by atoms with Gasteiger partial charge in [-0.15, -0.1) is 5.10 Å². The van der Waals surface area contributed by atoms with E-state index in [1.54, 1.807) is 24.5 Å². The second-order valence-corrected chi connectivity index (χ2v) is 4.83. The van der Waals surface area contributed by atoms with Crippen molar-refractivity contribution in [3.05, 3.63) is 30.2 Å². The molecular formula is C13H13N5O3.